The Morgan fingerprint density at radius 2 is 1.95 bits per heavy atom. The van der Waals surface area contributed by atoms with Crippen molar-refractivity contribution in [1.82, 2.24) is 0 Å². The molecule has 0 fully saturated rings. The second-order valence-corrected chi connectivity index (χ2v) is 6.96. The molecule has 3 N–H and O–H groups in total. The molecule has 0 bridgehead atoms. The van der Waals surface area contributed by atoms with Gasteiger partial charge in [0, 0.05) is 5.69 Å². The molecule has 0 aliphatic carbocycles. The summed E-state index contributed by atoms with van der Waals surface area (Å²) >= 11 is 4.71. The molecule has 1 rings (SSSR count). The normalized spacial score (nSPS) is 12.9. The Balaban J connectivity index is 2.75. The van der Waals surface area contributed by atoms with Crippen LogP contribution < -0.4 is 10.5 Å². The molecule has 0 radical (unpaired) electrons. The zero-order valence-electron chi connectivity index (χ0n) is 11.2. The van der Waals surface area contributed by atoms with E-state index in [-0.39, 0.29) is 4.99 Å². The third kappa shape index (κ3) is 4.80. The first-order valence-electron chi connectivity index (χ1n) is 6.26. The van der Waals surface area contributed by atoms with Gasteiger partial charge >= 0.3 is 0 Å². The number of thiocarbonyl (C=S) groups is 1. The van der Waals surface area contributed by atoms with E-state index in [0.717, 1.165) is 19.3 Å². The molecule has 0 aliphatic heterocycles. The summed E-state index contributed by atoms with van der Waals surface area (Å²) in [6.07, 6.45) is 3.27. The number of nitrogens with two attached hydrogens (primary N) is 1. The average Bonchev–Trinajstić information content (AvgIpc) is 2.36. The molecule has 1 aromatic carbocycles. The van der Waals surface area contributed by atoms with E-state index in [4.69, 9.17) is 18.0 Å². The number of sulfonamides is 1. The predicted molar refractivity (Wildman–Crippen MR) is 83.8 cm³/mol. The molecule has 1 aromatic rings. The summed E-state index contributed by atoms with van der Waals surface area (Å²) in [4.78, 5) is -0.0351. The smallest absolute Gasteiger partial charge is 0.241 e. The molecular formula is C13H20N2O2S2. The van der Waals surface area contributed by atoms with Crippen LogP contribution in [0.5, 0.6) is 0 Å². The fourth-order valence-corrected chi connectivity index (χ4v) is 2.85. The Kier molecular flexibility index (Phi) is 5.75. The first-order chi connectivity index (χ1) is 8.86. The Labute approximate surface area is 120 Å². The van der Waals surface area contributed by atoms with Gasteiger partial charge in [-0.15, -0.1) is 0 Å². The molecule has 0 saturated heterocycles. The summed E-state index contributed by atoms with van der Waals surface area (Å²) in [6, 6.07) is 7.38. The largest absolute Gasteiger partial charge is 0.392 e. The number of nitrogens with one attached hydrogen (secondary N) is 1. The van der Waals surface area contributed by atoms with Gasteiger partial charge < -0.3 is 5.73 Å². The number of rotatable bonds is 7. The van der Waals surface area contributed by atoms with E-state index in [0.29, 0.717) is 5.69 Å². The summed E-state index contributed by atoms with van der Waals surface area (Å²) in [7, 11) is -3.56. The summed E-state index contributed by atoms with van der Waals surface area (Å²) in [6.45, 7) is 3.61. The van der Waals surface area contributed by atoms with Gasteiger partial charge in [-0.3, -0.25) is 4.72 Å². The molecule has 0 aromatic heterocycles. The third-order valence-electron chi connectivity index (χ3n) is 2.90. The van der Waals surface area contributed by atoms with Crippen LogP contribution in [0.1, 0.15) is 32.3 Å². The van der Waals surface area contributed by atoms with Crippen LogP contribution in [-0.2, 0) is 16.4 Å². The van der Waals surface area contributed by atoms with Crippen LogP contribution in [0.4, 0.5) is 5.69 Å². The van der Waals surface area contributed by atoms with E-state index in [9.17, 15) is 8.42 Å². The topological polar surface area (TPSA) is 72.2 Å². The van der Waals surface area contributed by atoms with Crippen molar-refractivity contribution in [3.63, 3.8) is 0 Å². The maximum absolute atomic E-state index is 11.9. The van der Waals surface area contributed by atoms with Gasteiger partial charge in [-0.2, -0.15) is 0 Å². The SMILES string of the molecule is CCCCc1ccc(NS(=O)(=O)C(C)C(N)=S)cc1. The van der Waals surface area contributed by atoms with Crippen molar-refractivity contribution in [3.8, 4) is 0 Å². The van der Waals surface area contributed by atoms with E-state index in [1.54, 1.807) is 12.1 Å². The number of unbranched alkanes of at least 4 members (excludes halogenated alkanes) is 1. The van der Waals surface area contributed by atoms with Crippen LogP contribution >= 0.6 is 12.2 Å². The van der Waals surface area contributed by atoms with Gasteiger partial charge in [0.2, 0.25) is 10.0 Å². The summed E-state index contributed by atoms with van der Waals surface area (Å²) < 4.78 is 26.3. The standard InChI is InChI=1S/C13H20N2O2S2/c1-3-4-5-11-6-8-12(9-7-11)15-19(16,17)10(2)13(14)18/h6-10,15H,3-5H2,1-2H3,(H2,14,18). The van der Waals surface area contributed by atoms with Gasteiger partial charge in [-0.1, -0.05) is 37.7 Å². The molecule has 106 valence electrons. The Hall–Kier alpha value is -1.14. The lowest BCUT2D eigenvalue weighted by atomic mass is 10.1. The van der Waals surface area contributed by atoms with Gasteiger partial charge in [0.05, 0.1) is 4.99 Å². The quantitative estimate of drug-likeness (QED) is 0.759. The van der Waals surface area contributed by atoms with Crippen LogP contribution in [0, 0.1) is 0 Å². The maximum atomic E-state index is 11.9. The van der Waals surface area contributed by atoms with Crippen molar-refractivity contribution in [1.29, 1.82) is 0 Å². The molecule has 1 atom stereocenters. The molecule has 0 amide bonds. The average molecular weight is 300 g/mol. The minimum atomic E-state index is -3.56. The van der Waals surface area contributed by atoms with Crippen LogP contribution in [0.3, 0.4) is 0 Å². The van der Waals surface area contributed by atoms with Crippen LogP contribution in [0.2, 0.25) is 0 Å². The Morgan fingerprint density at radius 3 is 2.42 bits per heavy atom. The zero-order chi connectivity index (χ0) is 14.5. The monoisotopic (exact) mass is 300 g/mol. The second kappa shape index (κ2) is 6.86. The highest BCUT2D eigenvalue weighted by Crippen LogP contribution is 2.15. The lowest BCUT2D eigenvalue weighted by molar-refractivity contribution is 0.598. The molecule has 4 nitrogen and oxygen atoms in total. The second-order valence-electron chi connectivity index (χ2n) is 4.49. The number of hydrogen-bond donors (Lipinski definition) is 2. The first-order valence-corrected chi connectivity index (χ1v) is 8.22. The van der Waals surface area contributed by atoms with E-state index < -0.39 is 15.3 Å². The zero-order valence-corrected chi connectivity index (χ0v) is 12.9. The van der Waals surface area contributed by atoms with Crippen LogP contribution in [-0.4, -0.2) is 18.7 Å². The van der Waals surface area contributed by atoms with Crippen molar-refractivity contribution in [3.05, 3.63) is 29.8 Å². The van der Waals surface area contributed by atoms with Crippen molar-refractivity contribution in [2.45, 2.75) is 38.4 Å². The molecule has 0 aliphatic rings. The number of aryl methyl sites for hydroxylation is 1. The van der Waals surface area contributed by atoms with Crippen molar-refractivity contribution >= 4 is 32.9 Å². The van der Waals surface area contributed by atoms with Gasteiger partial charge in [-0.05, 0) is 37.5 Å². The van der Waals surface area contributed by atoms with Gasteiger partial charge in [-0.25, -0.2) is 8.42 Å². The van der Waals surface area contributed by atoms with Crippen molar-refractivity contribution in [2.24, 2.45) is 5.73 Å². The number of anilines is 1. The Bertz CT molecular complexity index is 524. The van der Waals surface area contributed by atoms with Gasteiger partial charge in [0.15, 0.2) is 0 Å². The lowest BCUT2D eigenvalue weighted by Gasteiger charge is -2.13. The van der Waals surface area contributed by atoms with Gasteiger partial charge in [0.25, 0.3) is 0 Å². The summed E-state index contributed by atoms with van der Waals surface area (Å²) in [5.41, 5.74) is 7.10. The van der Waals surface area contributed by atoms with E-state index in [1.165, 1.54) is 12.5 Å². The summed E-state index contributed by atoms with van der Waals surface area (Å²) in [5.74, 6) is 0. The molecule has 19 heavy (non-hydrogen) atoms. The molecular weight excluding hydrogens is 280 g/mol. The van der Waals surface area contributed by atoms with Gasteiger partial charge in [0.1, 0.15) is 5.25 Å². The molecule has 6 heteroatoms. The number of benzene rings is 1. The molecule has 0 saturated carbocycles. The minimum Gasteiger partial charge on any atom is -0.392 e. The molecule has 1 unspecified atom stereocenters. The lowest BCUT2D eigenvalue weighted by Crippen LogP contribution is -2.35. The summed E-state index contributed by atoms with van der Waals surface area (Å²) in [5, 5.41) is -0.887. The molecule has 0 spiro atoms. The van der Waals surface area contributed by atoms with E-state index in [1.807, 2.05) is 12.1 Å². The highest BCUT2D eigenvalue weighted by Gasteiger charge is 2.22. The Morgan fingerprint density at radius 1 is 1.37 bits per heavy atom. The highest BCUT2D eigenvalue weighted by molar-refractivity contribution is 7.95. The van der Waals surface area contributed by atoms with E-state index in [2.05, 4.69) is 11.6 Å². The van der Waals surface area contributed by atoms with Crippen molar-refractivity contribution in [2.75, 3.05) is 4.72 Å². The van der Waals surface area contributed by atoms with Crippen LogP contribution in [0.15, 0.2) is 24.3 Å². The third-order valence-corrected chi connectivity index (χ3v) is 5.11. The van der Waals surface area contributed by atoms with Crippen LogP contribution in [0.25, 0.3) is 0 Å². The minimum absolute atomic E-state index is 0.0351. The fraction of sp³-hybridized carbons (Fsp3) is 0.462. The van der Waals surface area contributed by atoms with Crippen molar-refractivity contribution < 1.29 is 8.42 Å². The predicted octanol–water partition coefficient (Wildman–Crippen LogP) is 2.45. The highest BCUT2D eigenvalue weighted by atomic mass is 32.2. The molecule has 0 heterocycles. The van der Waals surface area contributed by atoms with E-state index >= 15 is 0 Å². The maximum Gasteiger partial charge on any atom is 0.241 e. The fourth-order valence-electron chi connectivity index (χ4n) is 1.53. The number of hydrogen-bond acceptors (Lipinski definition) is 3. The first kappa shape index (κ1) is 15.9.